The smallest absolute Gasteiger partial charge is 0.355 e. The highest BCUT2D eigenvalue weighted by molar-refractivity contribution is 7.98. The molecular formula is C31H34F2N6O2S. The summed E-state index contributed by atoms with van der Waals surface area (Å²) in [7, 11) is 0. The van der Waals surface area contributed by atoms with Gasteiger partial charge in [0.25, 0.3) is 0 Å². The van der Waals surface area contributed by atoms with Gasteiger partial charge in [-0.3, -0.25) is 9.88 Å². The van der Waals surface area contributed by atoms with Crippen LogP contribution in [0.25, 0.3) is 28.0 Å². The maximum absolute atomic E-state index is 16.0. The largest absolute Gasteiger partial charge is 0.375 e. The lowest BCUT2D eigenvalue weighted by atomic mass is 10.0. The summed E-state index contributed by atoms with van der Waals surface area (Å²) in [6.45, 7) is 12.8. The number of nitrogens with zero attached hydrogens (tertiary/aromatic N) is 6. The second-order valence-electron chi connectivity index (χ2n) is 10.8. The minimum atomic E-state index is -0.802. The van der Waals surface area contributed by atoms with Crippen molar-refractivity contribution < 1.29 is 13.9 Å². The Bertz CT molecular complexity index is 1730. The van der Waals surface area contributed by atoms with Crippen LogP contribution in [0.2, 0.25) is 0 Å². The molecule has 0 bridgehead atoms. The van der Waals surface area contributed by atoms with Crippen LogP contribution in [-0.2, 0) is 0 Å². The number of aliphatic hydroxyl groups is 1. The van der Waals surface area contributed by atoms with Crippen molar-refractivity contribution in [3.05, 3.63) is 82.6 Å². The Labute approximate surface area is 247 Å². The quantitative estimate of drug-likeness (QED) is 0.229. The van der Waals surface area contributed by atoms with E-state index in [2.05, 4.69) is 16.5 Å². The lowest BCUT2D eigenvalue weighted by Crippen LogP contribution is -2.55. The van der Waals surface area contributed by atoms with Gasteiger partial charge in [0.05, 0.1) is 22.3 Å². The molecule has 4 heterocycles. The molecule has 0 aliphatic carbocycles. The molecular weight excluding hydrogens is 558 g/mol. The van der Waals surface area contributed by atoms with Crippen molar-refractivity contribution in [2.45, 2.75) is 50.8 Å². The molecule has 1 saturated heterocycles. The van der Waals surface area contributed by atoms with E-state index in [9.17, 15) is 9.90 Å². The van der Waals surface area contributed by atoms with Crippen molar-refractivity contribution >= 4 is 28.6 Å². The first-order valence-corrected chi connectivity index (χ1v) is 15.0. The van der Waals surface area contributed by atoms with Gasteiger partial charge in [-0.15, -0.1) is 11.8 Å². The normalized spacial score (nSPS) is 16.8. The molecule has 42 heavy (non-hydrogen) atoms. The average Bonchev–Trinajstić information content (AvgIpc) is 2.96. The van der Waals surface area contributed by atoms with Crippen LogP contribution in [0.5, 0.6) is 0 Å². The topological polar surface area (TPSA) is 87.4 Å². The van der Waals surface area contributed by atoms with Crippen molar-refractivity contribution in [3.8, 4) is 16.9 Å². The van der Waals surface area contributed by atoms with Crippen molar-refractivity contribution in [2.75, 3.05) is 30.8 Å². The number of thioether (sulfide) groups is 1. The van der Waals surface area contributed by atoms with E-state index in [1.807, 2.05) is 37.5 Å². The SMILES string of the molecule is C=CC(O)N1CCN(c2nc(=O)n(-c3c(C)ccnc3C(C)C)c3nc(-c4c(F)cccc4SC)c(F)cc23)[C@@H](C)C1. The highest BCUT2D eigenvalue weighted by atomic mass is 32.2. The predicted octanol–water partition coefficient (Wildman–Crippen LogP) is 5.29. The maximum Gasteiger partial charge on any atom is 0.355 e. The summed E-state index contributed by atoms with van der Waals surface area (Å²) in [5.74, 6) is -1.09. The number of hydrogen-bond acceptors (Lipinski definition) is 8. The highest BCUT2D eigenvalue weighted by Crippen LogP contribution is 2.37. The summed E-state index contributed by atoms with van der Waals surface area (Å²) in [5.41, 5.74) is 1.38. The Morgan fingerprint density at radius 1 is 1.17 bits per heavy atom. The number of rotatable bonds is 7. The Morgan fingerprint density at radius 2 is 1.93 bits per heavy atom. The fourth-order valence-corrected chi connectivity index (χ4v) is 6.19. The molecule has 4 aromatic rings. The number of aromatic nitrogens is 4. The van der Waals surface area contributed by atoms with Crippen molar-refractivity contribution in [2.24, 2.45) is 0 Å². The number of fused-ring (bicyclic) bond motifs is 1. The van der Waals surface area contributed by atoms with Crippen LogP contribution >= 0.6 is 11.8 Å². The Hall–Kier alpha value is -3.67. The minimum absolute atomic E-state index is 0.0362. The van der Waals surface area contributed by atoms with E-state index >= 15 is 8.78 Å². The molecule has 1 aromatic carbocycles. The van der Waals surface area contributed by atoms with Gasteiger partial charge in [-0.25, -0.2) is 23.1 Å². The molecule has 1 aliphatic rings. The summed E-state index contributed by atoms with van der Waals surface area (Å²) in [6, 6.07) is 7.47. The molecule has 11 heteroatoms. The van der Waals surface area contributed by atoms with Crippen LogP contribution < -0.4 is 10.6 Å². The van der Waals surface area contributed by atoms with Crippen molar-refractivity contribution in [1.29, 1.82) is 0 Å². The molecule has 1 fully saturated rings. The molecule has 0 saturated carbocycles. The number of hydrogen-bond donors (Lipinski definition) is 1. The summed E-state index contributed by atoms with van der Waals surface area (Å²) in [6.07, 6.45) is 4.13. The highest BCUT2D eigenvalue weighted by Gasteiger charge is 2.31. The first-order valence-electron chi connectivity index (χ1n) is 13.8. The Kier molecular flexibility index (Phi) is 8.45. The zero-order valence-corrected chi connectivity index (χ0v) is 25.1. The van der Waals surface area contributed by atoms with Crippen LogP contribution in [0, 0.1) is 18.6 Å². The summed E-state index contributed by atoms with van der Waals surface area (Å²) < 4.78 is 32.7. The minimum Gasteiger partial charge on any atom is -0.375 e. The summed E-state index contributed by atoms with van der Waals surface area (Å²) in [5, 5.41) is 10.6. The first kappa shape index (κ1) is 29.8. The van der Waals surface area contributed by atoms with Gasteiger partial charge in [0.1, 0.15) is 23.6 Å². The lowest BCUT2D eigenvalue weighted by Gasteiger charge is -2.42. The van der Waals surface area contributed by atoms with E-state index in [-0.39, 0.29) is 34.7 Å². The molecule has 1 aliphatic heterocycles. The zero-order chi connectivity index (χ0) is 30.3. The number of piperazine rings is 1. The van der Waals surface area contributed by atoms with Gasteiger partial charge in [-0.1, -0.05) is 26.5 Å². The first-order chi connectivity index (χ1) is 20.1. The van der Waals surface area contributed by atoms with E-state index in [1.165, 1.54) is 34.5 Å². The zero-order valence-electron chi connectivity index (χ0n) is 24.3. The molecule has 0 amide bonds. The lowest BCUT2D eigenvalue weighted by molar-refractivity contribution is 0.0296. The van der Waals surface area contributed by atoms with Crippen LogP contribution in [0.4, 0.5) is 14.6 Å². The van der Waals surface area contributed by atoms with Gasteiger partial charge in [0, 0.05) is 36.8 Å². The Morgan fingerprint density at radius 3 is 2.60 bits per heavy atom. The van der Waals surface area contributed by atoms with E-state index in [4.69, 9.17) is 4.98 Å². The number of aryl methyl sites for hydroxylation is 1. The number of aliphatic hydroxyl groups excluding tert-OH is 1. The van der Waals surface area contributed by atoms with E-state index in [1.54, 1.807) is 30.7 Å². The van der Waals surface area contributed by atoms with Crippen molar-refractivity contribution in [1.82, 2.24) is 24.4 Å². The number of pyridine rings is 2. The van der Waals surface area contributed by atoms with Crippen LogP contribution in [-0.4, -0.2) is 67.7 Å². The second kappa shape index (κ2) is 11.9. The van der Waals surface area contributed by atoms with Gasteiger partial charge in [-0.2, -0.15) is 4.98 Å². The van der Waals surface area contributed by atoms with Gasteiger partial charge < -0.3 is 10.0 Å². The van der Waals surface area contributed by atoms with Crippen LogP contribution in [0.3, 0.4) is 0 Å². The summed E-state index contributed by atoms with van der Waals surface area (Å²) in [4.78, 5) is 32.1. The molecule has 1 N–H and O–H groups in total. The molecule has 3 aromatic heterocycles. The average molecular weight is 593 g/mol. The van der Waals surface area contributed by atoms with Gasteiger partial charge in [-0.05, 0) is 61.9 Å². The molecule has 8 nitrogen and oxygen atoms in total. The van der Waals surface area contributed by atoms with Gasteiger partial charge in [0.2, 0.25) is 0 Å². The van der Waals surface area contributed by atoms with E-state index in [0.29, 0.717) is 41.3 Å². The monoisotopic (exact) mass is 592 g/mol. The molecule has 220 valence electrons. The third kappa shape index (κ3) is 5.21. The van der Waals surface area contributed by atoms with Gasteiger partial charge in [0.15, 0.2) is 11.5 Å². The van der Waals surface area contributed by atoms with Crippen LogP contribution in [0.1, 0.15) is 37.9 Å². The molecule has 1 unspecified atom stereocenters. The number of halogens is 2. The van der Waals surface area contributed by atoms with Gasteiger partial charge >= 0.3 is 5.69 Å². The molecule has 5 rings (SSSR count). The molecule has 2 atom stereocenters. The Balaban J connectivity index is 1.83. The third-order valence-electron chi connectivity index (χ3n) is 7.67. The van der Waals surface area contributed by atoms with Crippen molar-refractivity contribution in [3.63, 3.8) is 0 Å². The fraction of sp³-hybridized carbons (Fsp3) is 0.355. The van der Waals surface area contributed by atoms with E-state index < -0.39 is 23.6 Å². The predicted molar refractivity (Wildman–Crippen MR) is 163 cm³/mol. The number of anilines is 1. The fourth-order valence-electron chi connectivity index (χ4n) is 5.58. The molecule has 0 radical (unpaired) electrons. The van der Waals surface area contributed by atoms with E-state index in [0.717, 1.165) is 5.56 Å². The summed E-state index contributed by atoms with van der Waals surface area (Å²) >= 11 is 1.28. The maximum atomic E-state index is 16.0. The number of benzene rings is 1. The third-order valence-corrected chi connectivity index (χ3v) is 8.45. The standard InChI is InChI=1S/C31H34F2N6O2S/c1-7-24(40)37-13-14-38(19(5)16-37)29-20-15-22(33)27(25-21(32)9-8-10-23(25)42-6)35-30(20)39(31(41)36-29)28-18(4)11-12-34-26(28)17(2)3/h7-12,15,17,19,24,40H,1,13-14,16H2,2-6H3/t19-,24?/m0/s1. The van der Waals surface area contributed by atoms with Crippen LogP contribution in [0.15, 0.2) is 58.9 Å². The molecule has 0 spiro atoms. The second-order valence-corrected chi connectivity index (χ2v) is 11.6.